The quantitative estimate of drug-likeness (QED) is 0.913. The van der Waals surface area contributed by atoms with E-state index in [9.17, 15) is 9.59 Å². The molecule has 1 aromatic carbocycles. The summed E-state index contributed by atoms with van der Waals surface area (Å²) in [6.45, 7) is 4.06. The number of anilines is 2. The minimum atomic E-state index is -0.163. The number of amides is 2. The molecule has 0 atom stereocenters. The molecule has 2 amide bonds. The highest BCUT2D eigenvalue weighted by molar-refractivity contribution is 5.95. The van der Waals surface area contributed by atoms with Crippen molar-refractivity contribution in [3.63, 3.8) is 0 Å². The van der Waals surface area contributed by atoms with Crippen LogP contribution in [0.2, 0.25) is 0 Å². The zero-order valence-corrected chi connectivity index (χ0v) is 12.6. The predicted octanol–water partition coefficient (Wildman–Crippen LogP) is 2.33. The maximum atomic E-state index is 11.9. The number of nitrogens with one attached hydrogen (secondary N) is 2. The van der Waals surface area contributed by atoms with Crippen LogP contribution in [0.3, 0.4) is 0 Å². The van der Waals surface area contributed by atoms with Crippen molar-refractivity contribution in [1.29, 1.82) is 0 Å². The Morgan fingerprint density at radius 1 is 1.41 bits per heavy atom. The normalized spacial score (nSPS) is 13.1. The molecule has 1 aromatic heterocycles. The molecule has 2 aromatic rings. The zero-order chi connectivity index (χ0) is 15.7. The number of fused-ring (bicyclic) bond motifs is 1. The second kappa shape index (κ2) is 5.63. The van der Waals surface area contributed by atoms with Gasteiger partial charge in [0, 0.05) is 37.3 Å². The van der Waals surface area contributed by atoms with Gasteiger partial charge in [-0.25, -0.2) is 4.98 Å². The number of rotatable bonds is 3. The average molecular weight is 298 g/mol. The van der Waals surface area contributed by atoms with E-state index in [0.29, 0.717) is 12.4 Å². The molecule has 0 spiro atoms. The first-order valence-electron chi connectivity index (χ1n) is 7.35. The summed E-state index contributed by atoms with van der Waals surface area (Å²) in [5, 5.41) is 2.62. The Morgan fingerprint density at radius 2 is 2.23 bits per heavy atom. The molecule has 22 heavy (non-hydrogen) atoms. The van der Waals surface area contributed by atoms with E-state index in [1.165, 1.54) is 6.92 Å². The lowest BCUT2D eigenvalue weighted by molar-refractivity contribution is -0.118. The van der Waals surface area contributed by atoms with Crippen LogP contribution < -0.4 is 10.2 Å². The van der Waals surface area contributed by atoms with Gasteiger partial charge in [-0.05, 0) is 24.1 Å². The Kier molecular flexibility index (Phi) is 3.66. The van der Waals surface area contributed by atoms with Crippen LogP contribution in [0.4, 0.5) is 11.6 Å². The lowest BCUT2D eigenvalue weighted by Gasteiger charge is -2.16. The Bertz CT molecular complexity index is 735. The molecule has 1 aliphatic rings. The number of aromatic nitrogens is 2. The molecular formula is C16H18N4O2. The third-order valence-corrected chi connectivity index (χ3v) is 3.75. The van der Waals surface area contributed by atoms with E-state index >= 15 is 0 Å². The number of carbonyl (C=O) groups is 2. The van der Waals surface area contributed by atoms with Crippen LogP contribution in [0.25, 0.3) is 11.3 Å². The molecular weight excluding hydrogens is 280 g/mol. The summed E-state index contributed by atoms with van der Waals surface area (Å²) in [6, 6.07) is 5.98. The van der Waals surface area contributed by atoms with Gasteiger partial charge in [0.1, 0.15) is 0 Å². The zero-order valence-electron chi connectivity index (χ0n) is 12.6. The van der Waals surface area contributed by atoms with E-state index in [2.05, 4.69) is 21.4 Å². The highest BCUT2D eigenvalue weighted by Gasteiger charge is 2.23. The second-order valence-corrected chi connectivity index (χ2v) is 5.31. The summed E-state index contributed by atoms with van der Waals surface area (Å²) in [5.41, 5.74) is 3.89. The van der Waals surface area contributed by atoms with E-state index < -0.39 is 0 Å². The number of carbonyl (C=O) groups excluding carboxylic acids is 2. The van der Waals surface area contributed by atoms with Crippen molar-refractivity contribution in [2.45, 2.75) is 26.7 Å². The molecule has 3 rings (SSSR count). The number of nitrogens with zero attached hydrogens (tertiary/aromatic N) is 2. The Balaban J connectivity index is 1.87. The molecule has 0 unspecified atom stereocenters. The largest absolute Gasteiger partial charge is 0.330 e. The monoisotopic (exact) mass is 298 g/mol. The predicted molar refractivity (Wildman–Crippen MR) is 84.7 cm³/mol. The van der Waals surface area contributed by atoms with Crippen LogP contribution in [-0.4, -0.2) is 28.3 Å². The second-order valence-electron chi connectivity index (χ2n) is 5.31. The minimum absolute atomic E-state index is 0.152. The number of hydrogen-bond donors (Lipinski definition) is 2. The lowest BCUT2D eigenvalue weighted by Crippen LogP contribution is -2.27. The summed E-state index contributed by atoms with van der Waals surface area (Å²) in [5.74, 6) is 0.425. The standard InChI is InChI=1S/C16H18N4O2/c1-3-15(22)20-7-6-12-8-11(4-5-14(12)20)13-9-17-16(19-13)18-10(2)21/h4-5,8-9H,3,6-7H2,1-2H3,(H2,17,18,19,21). The number of aromatic amines is 1. The van der Waals surface area contributed by atoms with Crippen LogP contribution in [0.15, 0.2) is 24.4 Å². The van der Waals surface area contributed by atoms with Gasteiger partial charge in [-0.3, -0.25) is 14.9 Å². The van der Waals surface area contributed by atoms with Crippen molar-refractivity contribution < 1.29 is 9.59 Å². The highest BCUT2D eigenvalue weighted by atomic mass is 16.2. The molecule has 2 heterocycles. The van der Waals surface area contributed by atoms with E-state index in [1.54, 1.807) is 6.20 Å². The van der Waals surface area contributed by atoms with Gasteiger partial charge in [0.25, 0.3) is 0 Å². The first-order valence-corrected chi connectivity index (χ1v) is 7.35. The molecule has 0 fully saturated rings. The summed E-state index contributed by atoms with van der Waals surface area (Å²) >= 11 is 0. The van der Waals surface area contributed by atoms with Crippen molar-refractivity contribution in [1.82, 2.24) is 9.97 Å². The smallest absolute Gasteiger partial charge is 0.226 e. The van der Waals surface area contributed by atoms with Crippen molar-refractivity contribution in [2.24, 2.45) is 0 Å². The molecule has 1 aliphatic heterocycles. The van der Waals surface area contributed by atoms with Gasteiger partial charge in [0.05, 0.1) is 5.69 Å². The van der Waals surface area contributed by atoms with Crippen molar-refractivity contribution in [3.05, 3.63) is 30.0 Å². The molecule has 0 saturated heterocycles. The molecule has 2 N–H and O–H groups in total. The summed E-state index contributed by atoms with van der Waals surface area (Å²) < 4.78 is 0. The third kappa shape index (κ3) is 2.59. The number of H-pyrrole nitrogens is 1. The molecule has 0 radical (unpaired) electrons. The molecule has 6 nitrogen and oxygen atoms in total. The van der Waals surface area contributed by atoms with Gasteiger partial charge in [0.2, 0.25) is 17.8 Å². The number of hydrogen-bond acceptors (Lipinski definition) is 3. The average Bonchev–Trinajstić information content (AvgIpc) is 3.11. The lowest BCUT2D eigenvalue weighted by atomic mass is 10.1. The van der Waals surface area contributed by atoms with Crippen LogP contribution in [-0.2, 0) is 16.0 Å². The minimum Gasteiger partial charge on any atom is -0.330 e. The van der Waals surface area contributed by atoms with Gasteiger partial charge >= 0.3 is 0 Å². The van der Waals surface area contributed by atoms with E-state index in [0.717, 1.165) is 35.5 Å². The first kappa shape index (κ1) is 14.3. The molecule has 114 valence electrons. The highest BCUT2D eigenvalue weighted by Crippen LogP contribution is 2.32. The van der Waals surface area contributed by atoms with Crippen molar-refractivity contribution >= 4 is 23.5 Å². The van der Waals surface area contributed by atoms with Gasteiger partial charge in [-0.15, -0.1) is 0 Å². The van der Waals surface area contributed by atoms with Crippen LogP contribution in [0.5, 0.6) is 0 Å². The summed E-state index contributed by atoms with van der Waals surface area (Å²) in [6.07, 6.45) is 3.13. The molecule has 0 aliphatic carbocycles. The fraction of sp³-hybridized carbons (Fsp3) is 0.312. The Hall–Kier alpha value is -2.63. The maximum absolute atomic E-state index is 11.9. The SMILES string of the molecule is CCC(=O)N1CCc2cc(-c3c[nH]c(NC(C)=O)n3)ccc21. The Morgan fingerprint density at radius 3 is 2.95 bits per heavy atom. The van der Waals surface area contributed by atoms with Gasteiger partial charge in [-0.2, -0.15) is 0 Å². The molecule has 6 heteroatoms. The maximum Gasteiger partial charge on any atom is 0.226 e. The molecule has 0 saturated carbocycles. The van der Waals surface area contributed by atoms with E-state index in [-0.39, 0.29) is 11.8 Å². The third-order valence-electron chi connectivity index (χ3n) is 3.75. The first-order chi connectivity index (χ1) is 10.6. The van der Waals surface area contributed by atoms with Gasteiger partial charge in [0.15, 0.2) is 0 Å². The van der Waals surface area contributed by atoms with Crippen LogP contribution >= 0.6 is 0 Å². The summed E-state index contributed by atoms with van der Waals surface area (Å²) in [7, 11) is 0. The fourth-order valence-corrected chi connectivity index (χ4v) is 2.71. The number of imidazole rings is 1. The topological polar surface area (TPSA) is 78.1 Å². The van der Waals surface area contributed by atoms with E-state index in [4.69, 9.17) is 0 Å². The van der Waals surface area contributed by atoms with Gasteiger partial charge in [-0.1, -0.05) is 13.0 Å². The van der Waals surface area contributed by atoms with Crippen molar-refractivity contribution in [3.8, 4) is 11.3 Å². The van der Waals surface area contributed by atoms with Crippen molar-refractivity contribution in [2.75, 3.05) is 16.8 Å². The van der Waals surface area contributed by atoms with Crippen LogP contribution in [0.1, 0.15) is 25.8 Å². The summed E-state index contributed by atoms with van der Waals surface area (Å²) in [4.78, 5) is 32.1. The Labute approximate surface area is 128 Å². The van der Waals surface area contributed by atoms with Gasteiger partial charge < -0.3 is 9.88 Å². The van der Waals surface area contributed by atoms with Crippen LogP contribution in [0, 0.1) is 0 Å². The molecule has 0 bridgehead atoms. The fourth-order valence-electron chi connectivity index (χ4n) is 2.71. The number of benzene rings is 1. The van der Waals surface area contributed by atoms with E-state index in [1.807, 2.05) is 24.0 Å².